The molecule has 3 aromatic heterocycles. The molecule has 0 amide bonds. The molecule has 0 atom stereocenters. The van der Waals surface area contributed by atoms with E-state index in [9.17, 15) is 4.79 Å². The number of rotatable bonds is 4. The Bertz CT molecular complexity index is 904. The van der Waals surface area contributed by atoms with Crippen LogP contribution in [-0.2, 0) is 11.8 Å². The van der Waals surface area contributed by atoms with Gasteiger partial charge in [-0.3, -0.25) is 4.98 Å². The van der Waals surface area contributed by atoms with Crippen LogP contribution in [0.3, 0.4) is 0 Å². The molecule has 24 heavy (non-hydrogen) atoms. The minimum atomic E-state index is -0.245. The van der Waals surface area contributed by atoms with Crippen molar-refractivity contribution in [2.24, 2.45) is 0 Å². The maximum absolute atomic E-state index is 12.1. The molecule has 0 aromatic carbocycles. The molecule has 0 unspecified atom stereocenters. The second kappa shape index (κ2) is 6.07. The molecule has 7 heteroatoms. The number of hydrogen-bond acceptors (Lipinski definition) is 5. The summed E-state index contributed by atoms with van der Waals surface area (Å²) in [7, 11) is 0. The standard InChI is InChI=1S/C17H22N6O/c1-11-13(17(2,3)4)20-14(15-21-22-16(24)23(11)15)19-9-7-12-6-5-8-18-10-12/h5-6,8,10H,7,9H2,1-4H3,(H,19,20)(H,22,24). The summed E-state index contributed by atoms with van der Waals surface area (Å²) in [5, 5.41) is 9.94. The van der Waals surface area contributed by atoms with Gasteiger partial charge < -0.3 is 5.32 Å². The van der Waals surface area contributed by atoms with Crippen molar-refractivity contribution < 1.29 is 0 Å². The first-order chi connectivity index (χ1) is 11.4. The zero-order valence-electron chi connectivity index (χ0n) is 14.4. The topological polar surface area (TPSA) is 88.0 Å². The first-order valence-corrected chi connectivity index (χ1v) is 7.99. The van der Waals surface area contributed by atoms with Crippen LogP contribution in [0.15, 0.2) is 29.3 Å². The third-order valence-electron chi connectivity index (χ3n) is 3.93. The number of hydrogen-bond donors (Lipinski definition) is 2. The third kappa shape index (κ3) is 3.02. The fourth-order valence-electron chi connectivity index (χ4n) is 2.82. The van der Waals surface area contributed by atoms with E-state index < -0.39 is 0 Å². The Kier molecular flexibility index (Phi) is 4.09. The van der Waals surface area contributed by atoms with Crippen LogP contribution in [0.4, 0.5) is 5.82 Å². The number of anilines is 1. The Labute approximate surface area is 140 Å². The van der Waals surface area contributed by atoms with Crippen LogP contribution < -0.4 is 11.0 Å². The molecule has 3 heterocycles. The first-order valence-electron chi connectivity index (χ1n) is 7.99. The van der Waals surface area contributed by atoms with Crippen molar-refractivity contribution >= 4 is 11.5 Å². The van der Waals surface area contributed by atoms with Gasteiger partial charge in [-0.2, -0.15) is 0 Å². The van der Waals surface area contributed by atoms with E-state index >= 15 is 0 Å². The molecule has 0 aliphatic carbocycles. The molecule has 0 saturated carbocycles. The van der Waals surface area contributed by atoms with Gasteiger partial charge in [-0.1, -0.05) is 26.8 Å². The Morgan fingerprint density at radius 3 is 2.79 bits per heavy atom. The first kappa shape index (κ1) is 16.2. The van der Waals surface area contributed by atoms with Crippen LogP contribution in [0.25, 0.3) is 5.65 Å². The van der Waals surface area contributed by atoms with E-state index in [0.29, 0.717) is 18.0 Å². The van der Waals surface area contributed by atoms with Gasteiger partial charge in [0.1, 0.15) is 0 Å². The highest BCUT2D eigenvalue weighted by atomic mass is 16.1. The molecular formula is C17H22N6O. The summed E-state index contributed by atoms with van der Waals surface area (Å²) in [6, 6.07) is 3.95. The fraction of sp³-hybridized carbons (Fsp3) is 0.412. The molecule has 0 saturated heterocycles. The summed E-state index contributed by atoms with van der Waals surface area (Å²) in [5.74, 6) is 0.618. The predicted octanol–water partition coefficient (Wildman–Crippen LogP) is 2.07. The van der Waals surface area contributed by atoms with Gasteiger partial charge in [0.2, 0.25) is 5.65 Å². The number of aromatic nitrogens is 5. The second-order valence-electron chi connectivity index (χ2n) is 6.87. The van der Waals surface area contributed by atoms with E-state index in [1.807, 2.05) is 25.3 Å². The molecular weight excluding hydrogens is 304 g/mol. The van der Waals surface area contributed by atoms with Crippen molar-refractivity contribution in [3.8, 4) is 0 Å². The third-order valence-corrected chi connectivity index (χ3v) is 3.93. The van der Waals surface area contributed by atoms with Crippen LogP contribution in [-0.4, -0.2) is 31.1 Å². The van der Waals surface area contributed by atoms with E-state index in [2.05, 4.69) is 41.3 Å². The number of nitrogens with zero attached hydrogens (tertiary/aromatic N) is 4. The summed E-state index contributed by atoms with van der Waals surface area (Å²) < 4.78 is 1.58. The van der Waals surface area contributed by atoms with E-state index in [1.54, 1.807) is 10.6 Å². The molecule has 126 valence electrons. The summed E-state index contributed by atoms with van der Waals surface area (Å²) in [6.07, 6.45) is 4.42. The van der Waals surface area contributed by atoms with Gasteiger partial charge >= 0.3 is 5.69 Å². The number of nitrogens with one attached hydrogen (secondary N) is 2. The van der Waals surface area contributed by atoms with Gasteiger partial charge in [0.15, 0.2) is 5.82 Å². The highest BCUT2D eigenvalue weighted by Gasteiger charge is 2.23. The van der Waals surface area contributed by atoms with Crippen LogP contribution in [0.5, 0.6) is 0 Å². The molecule has 3 aromatic rings. The lowest BCUT2D eigenvalue weighted by molar-refractivity contribution is 0.558. The summed E-state index contributed by atoms with van der Waals surface area (Å²) in [4.78, 5) is 21.0. The van der Waals surface area contributed by atoms with Crippen molar-refractivity contribution in [3.63, 3.8) is 0 Å². The molecule has 0 fully saturated rings. The van der Waals surface area contributed by atoms with Crippen LogP contribution in [0, 0.1) is 6.92 Å². The number of fused-ring (bicyclic) bond motifs is 1. The fourth-order valence-corrected chi connectivity index (χ4v) is 2.82. The number of H-pyrrole nitrogens is 1. The van der Waals surface area contributed by atoms with Gasteiger partial charge in [0, 0.05) is 30.0 Å². The molecule has 3 rings (SSSR count). The van der Waals surface area contributed by atoms with E-state index in [4.69, 9.17) is 4.98 Å². The van der Waals surface area contributed by atoms with Gasteiger partial charge in [0.25, 0.3) is 0 Å². The largest absolute Gasteiger partial charge is 0.367 e. The minimum Gasteiger partial charge on any atom is -0.367 e. The molecule has 0 aliphatic rings. The minimum absolute atomic E-state index is 0.172. The molecule has 2 N–H and O–H groups in total. The molecule has 7 nitrogen and oxygen atoms in total. The van der Waals surface area contributed by atoms with Crippen molar-refractivity contribution in [1.82, 2.24) is 24.6 Å². The van der Waals surface area contributed by atoms with Gasteiger partial charge in [-0.25, -0.2) is 19.3 Å². The lowest BCUT2D eigenvalue weighted by atomic mass is 9.90. The quantitative estimate of drug-likeness (QED) is 0.766. The highest BCUT2D eigenvalue weighted by molar-refractivity contribution is 5.63. The van der Waals surface area contributed by atoms with Crippen molar-refractivity contribution in [3.05, 3.63) is 52.0 Å². The zero-order valence-corrected chi connectivity index (χ0v) is 14.4. The maximum Gasteiger partial charge on any atom is 0.348 e. The van der Waals surface area contributed by atoms with Crippen LogP contribution >= 0.6 is 0 Å². The SMILES string of the molecule is Cc1c(C(C)(C)C)nc(NCCc2cccnc2)c2n[nH]c(=O)n12. The van der Waals surface area contributed by atoms with Gasteiger partial charge in [-0.05, 0) is 25.0 Å². The van der Waals surface area contributed by atoms with Crippen molar-refractivity contribution in [2.75, 3.05) is 11.9 Å². The molecule has 0 bridgehead atoms. The van der Waals surface area contributed by atoms with Crippen LogP contribution in [0.1, 0.15) is 37.7 Å². The number of aryl methyl sites for hydroxylation is 1. The maximum atomic E-state index is 12.1. The second-order valence-corrected chi connectivity index (χ2v) is 6.87. The van der Waals surface area contributed by atoms with E-state index in [-0.39, 0.29) is 11.1 Å². The highest BCUT2D eigenvalue weighted by Crippen LogP contribution is 2.26. The van der Waals surface area contributed by atoms with Crippen LogP contribution in [0.2, 0.25) is 0 Å². The van der Waals surface area contributed by atoms with Crippen molar-refractivity contribution in [2.45, 2.75) is 39.5 Å². The van der Waals surface area contributed by atoms with Crippen molar-refractivity contribution in [1.29, 1.82) is 0 Å². The average molecular weight is 326 g/mol. The average Bonchev–Trinajstić information content (AvgIpc) is 2.92. The Morgan fingerprint density at radius 1 is 1.33 bits per heavy atom. The summed E-state index contributed by atoms with van der Waals surface area (Å²) in [6.45, 7) is 8.83. The molecule has 0 spiro atoms. The normalized spacial score (nSPS) is 11.8. The zero-order chi connectivity index (χ0) is 17.3. The summed E-state index contributed by atoms with van der Waals surface area (Å²) >= 11 is 0. The Hall–Kier alpha value is -2.70. The van der Waals surface area contributed by atoms with Gasteiger partial charge in [-0.15, -0.1) is 5.10 Å². The van der Waals surface area contributed by atoms with E-state index in [0.717, 1.165) is 23.4 Å². The summed E-state index contributed by atoms with van der Waals surface area (Å²) in [5.41, 5.74) is 2.94. The Balaban J connectivity index is 1.95. The lowest BCUT2D eigenvalue weighted by Gasteiger charge is -2.22. The Morgan fingerprint density at radius 2 is 2.12 bits per heavy atom. The van der Waals surface area contributed by atoms with Gasteiger partial charge in [0.05, 0.1) is 5.69 Å². The monoisotopic (exact) mass is 326 g/mol. The number of aromatic amines is 1. The van der Waals surface area contributed by atoms with E-state index in [1.165, 1.54) is 0 Å². The predicted molar refractivity (Wildman–Crippen MR) is 93.5 cm³/mol. The molecule has 0 aliphatic heterocycles. The number of pyridine rings is 1. The lowest BCUT2D eigenvalue weighted by Crippen LogP contribution is -2.23. The molecule has 0 radical (unpaired) electrons. The smallest absolute Gasteiger partial charge is 0.348 e.